The Labute approximate surface area is 446 Å². The summed E-state index contributed by atoms with van der Waals surface area (Å²) in [6, 6.07) is 41.8. The normalized spacial score (nSPS) is 15.9. The van der Waals surface area contributed by atoms with Gasteiger partial charge in [-0.05, 0) is 106 Å². The highest BCUT2D eigenvalue weighted by Crippen LogP contribution is 2.28. The van der Waals surface area contributed by atoms with Crippen molar-refractivity contribution in [1.82, 2.24) is 30.4 Å². The zero-order chi connectivity index (χ0) is 52.7. The van der Waals surface area contributed by atoms with Gasteiger partial charge in [0.1, 0.15) is 35.1 Å². The second kappa shape index (κ2) is 24.4. The van der Waals surface area contributed by atoms with Crippen LogP contribution in [0.25, 0.3) is 21.8 Å². The molecule has 6 aromatic carbocycles. The molecule has 2 fully saturated rings. The van der Waals surface area contributed by atoms with Crippen LogP contribution in [0.15, 0.2) is 170 Å². The highest BCUT2D eigenvalue weighted by Gasteiger charge is 2.39. The third-order valence-electron chi connectivity index (χ3n) is 12.9. The minimum absolute atomic E-state index is 0. The molecule has 2 saturated heterocycles. The van der Waals surface area contributed by atoms with Crippen LogP contribution < -0.4 is 31.6 Å². The van der Waals surface area contributed by atoms with Crippen LogP contribution in [0.2, 0.25) is 0 Å². The minimum atomic E-state index is -1.09. The number of hydrogen-bond donors (Lipinski definition) is 6. The number of hydrogen-bond acceptors (Lipinski definition) is 12. The van der Waals surface area contributed by atoms with E-state index in [2.05, 4.69) is 20.6 Å². The molecule has 8 aromatic rings. The topological polar surface area (TPSA) is 316 Å². The van der Waals surface area contributed by atoms with Crippen LogP contribution in [0, 0.1) is 0 Å². The van der Waals surface area contributed by atoms with Gasteiger partial charge in [-0.15, -0.1) is 0 Å². The van der Waals surface area contributed by atoms with E-state index >= 15 is 0 Å². The summed E-state index contributed by atoms with van der Waals surface area (Å²) in [6.07, 6.45) is 3.87. The lowest BCUT2D eigenvalue weighted by Gasteiger charge is -2.14. The second-order valence-corrected chi connectivity index (χ2v) is 18.5. The molecule has 20 nitrogen and oxygen atoms in total. The number of nitrogens with zero attached hydrogens (tertiary/aromatic N) is 2. The minimum Gasteiger partial charge on any atom is -0.457 e. The summed E-state index contributed by atoms with van der Waals surface area (Å²) >= 11 is 0. The van der Waals surface area contributed by atoms with Crippen molar-refractivity contribution >= 4 is 57.6 Å². The number of para-hydroxylation sites is 2. The van der Waals surface area contributed by atoms with Crippen molar-refractivity contribution in [2.75, 3.05) is 0 Å². The van der Waals surface area contributed by atoms with E-state index in [-0.39, 0.29) is 61.5 Å². The number of amides is 6. The lowest BCUT2D eigenvalue weighted by molar-refractivity contribution is -0.145. The van der Waals surface area contributed by atoms with E-state index in [1.54, 1.807) is 36.7 Å². The number of H-pyrrole nitrogens is 2. The average molecular weight is 1060 g/mol. The molecular formula is C58H56N8O12. The van der Waals surface area contributed by atoms with Gasteiger partial charge in [-0.3, -0.25) is 30.9 Å². The van der Waals surface area contributed by atoms with Gasteiger partial charge in [0.05, 0.1) is 13.1 Å². The van der Waals surface area contributed by atoms with Crippen LogP contribution in [-0.2, 0) is 67.4 Å². The summed E-state index contributed by atoms with van der Waals surface area (Å²) in [5, 5.41) is 7.20. The molecule has 20 heteroatoms. The maximum Gasteiger partial charge on any atom is 0.332 e. The Balaban J connectivity index is 0.00000401. The van der Waals surface area contributed by atoms with Gasteiger partial charge < -0.3 is 50.5 Å². The maximum absolute atomic E-state index is 13.5. The van der Waals surface area contributed by atoms with Gasteiger partial charge in [-0.2, -0.15) is 0 Å². The van der Waals surface area contributed by atoms with Gasteiger partial charge in [0.25, 0.3) is 11.8 Å². The Morgan fingerprint density at radius 3 is 1.31 bits per heavy atom. The zero-order valence-electron chi connectivity index (χ0n) is 41.8. The highest BCUT2D eigenvalue weighted by molar-refractivity contribution is 6.05. The molecule has 78 heavy (non-hydrogen) atoms. The molecule has 0 saturated carbocycles. The average Bonchev–Trinajstić information content (AvgIpc) is 4.15. The molecule has 0 aliphatic carbocycles. The summed E-state index contributed by atoms with van der Waals surface area (Å²) in [5.41, 5.74) is 18.6. The summed E-state index contributed by atoms with van der Waals surface area (Å²) in [4.78, 5) is 87.3. The number of nitrogens with two attached hydrogens (primary N) is 2. The van der Waals surface area contributed by atoms with Gasteiger partial charge >= 0.3 is 24.0 Å². The third kappa shape index (κ3) is 13.1. The first-order valence-corrected chi connectivity index (χ1v) is 24.5. The largest absolute Gasteiger partial charge is 0.457 e. The number of imide groups is 2. The summed E-state index contributed by atoms with van der Waals surface area (Å²) in [7, 11) is 0. The summed E-state index contributed by atoms with van der Waals surface area (Å²) in [6.45, 7) is 0.149. The van der Waals surface area contributed by atoms with Crippen LogP contribution in [0.3, 0.4) is 0 Å². The third-order valence-corrected chi connectivity index (χ3v) is 12.9. The van der Waals surface area contributed by atoms with E-state index < -0.39 is 48.5 Å². The Kier molecular flexibility index (Phi) is 17.1. The maximum atomic E-state index is 13.5. The SMILES string of the molecule is NC(Cc1c[nH]c2ccc(CC3NC(=O)N(Cc4cccc(Oc5ccccc5)c4)C3=O)cc12)OC(=O)/C=C\C(=O)OC(N)Cc1c[nH]c2ccc(CC3NC(=O)N(Cc4cccc(Oc5ccccc5)c4)C3=O)cc12.O.O. The van der Waals surface area contributed by atoms with E-state index in [4.69, 9.17) is 30.4 Å². The molecule has 2 aliphatic rings. The fraction of sp³-hybridized carbons (Fsp3) is 0.172. The fourth-order valence-electron chi connectivity index (χ4n) is 9.30. The fourth-order valence-corrected chi connectivity index (χ4v) is 9.30. The number of carbonyl (C=O) groups is 6. The predicted molar refractivity (Wildman–Crippen MR) is 288 cm³/mol. The molecule has 12 N–H and O–H groups in total. The summed E-state index contributed by atoms with van der Waals surface area (Å²) < 4.78 is 22.6. The first-order chi connectivity index (χ1) is 36.9. The monoisotopic (exact) mass is 1060 g/mol. The van der Waals surface area contributed by atoms with Crippen molar-refractivity contribution in [2.24, 2.45) is 11.5 Å². The molecular weight excluding hydrogens is 1000 g/mol. The smallest absolute Gasteiger partial charge is 0.332 e. The second-order valence-electron chi connectivity index (χ2n) is 18.5. The van der Waals surface area contributed by atoms with Crippen molar-refractivity contribution in [2.45, 2.75) is 63.3 Å². The van der Waals surface area contributed by atoms with Gasteiger partial charge in [0.2, 0.25) is 0 Å². The molecule has 4 unspecified atom stereocenters. The Bertz CT molecular complexity index is 3280. The van der Waals surface area contributed by atoms with E-state index in [1.165, 1.54) is 9.80 Å². The van der Waals surface area contributed by atoms with Crippen LogP contribution >= 0.6 is 0 Å². The number of nitrogens with one attached hydrogen (secondary N) is 4. The number of rotatable bonds is 20. The molecule has 2 aliphatic heterocycles. The molecule has 2 aromatic heterocycles. The van der Waals surface area contributed by atoms with E-state index in [9.17, 15) is 28.8 Å². The van der Waals surface area contributed by atoms with Crippen molar-refractivity contribution < 1.29 is 58.7 Å². The number of esters is 2. The first-order valence-electron chi connectivity index (χ1n) is 24.5. The Morgan fingerprint density at radius 2 is 0.897 bits per heavy atom. The van der Waals surface area contributed by atoms with Gasteiger partial charge in [-0.25, -0.2) is 19.2 Å². The predicted octanol–water partition coefficient (Wildman–Crippen LogP) is 5.91. The molecule has 0 spiro atoms. The standard InChI is InChI=1S/C58H52N8O10.2H2O/c59-51(29-39-31-61-47-19-17-35(25-45(39)47)27-49-55(69)65(57(71)63-49)33-37-9-7-15-43(23-37)73-41-11-3-1-4-12-41)75-53(67)21-22-54(68)76-52(60)30-40-32-62-48-20-18-36(26-46(40)48)28-50-56(70)66(58(72)64-50)34-38-10-8-16-44(24-38)74-42-13-5-2-6-14-42;;/h1-26,31-32,49-52,61-62H,27-30,33-34,59-60H2,(H,63,71)(H,64,72);2*1H2/b22-21-;;. The van der Waals surface area contributed by atoms with E-state index in [1.807, 2.05) is 121 Å². The Hall–Kier alpha value is -9.60. The van der Waals surface area contributed by atoms with Crippen molar-refractivity contribution in [3.05, 3.63) is 204 Å². The zero-order valence-corrected chi connectivity index (χ0v) is 41.8. The van der Waals surface area contributed by atoms with E-state index in [0.29, 0.717) is 23.0 Å². The van der Waals surface area contributed by atoms with Gasteiger partial charge in [0.15, 0.2) is 12.5 Å². The highest BCUT2D eigenvalue weighted by atomic mass is 16.6. The lowest BCUT2D eigenvalue weighted by Crippen LogP contribution is -2.32. The summed E-state index contributed by atoms with van der Waals surface area (Å²) in [5.74, 6) is 0.0585. The van der Waals surface area contributed by atoms with Crippen LogP contribution in [0.5, 0.6) is 23.0 Å². The number of aromatic amines is 2. The molecule has 6 amide bonds. The molecule has 4 heterocycles. The lowest BCUT2D eigenvalue weighted by atomic mass is 10.0. The first kappa shape index (κ1) is 54.7. The van der Waals surface area contributed by atoms with Gasteiger partial charge in [-0.1, -0.05) is 72.8 Å². The molecule has 10 rings (SSSR count). The Morgan fingerprint density at radius 1 is 0.500 bits per heavy atom. The van der Waals surface area contributed by atoms with Crippen molar-refractivity contribution in [1.29, 1.82) is 0 Å². The van der Waals surface area contributed by atoms with Crippen molar-refractivity contribution in [3.63, 3.8) is 0 Å². The molecule has 4 atom stereocenters. The number of aromatic nitrogens is 2. The van der Waals surface area contributed by atoms with Gasteiger partial charge in [0, 0.05) is 72.0 Å². The molecule has 0 radical (unpaired) electrons. The number of fused-ring (bicyclic) bond motifs is 2. The number of urea groups is 2. The molecule has 400 valence electrons. The quantitative estimate of drug-likeness (QED) is 0.0225. The van der Waals surface area contributed by atoms with Crippen molar-refractivity contribution in [3.8, 4) is 23.0 Å². The number of ether oxygens (including phenoxy) is 4. The van der Waals surface area contributed by atoms with Crippen LogP contribution in [-0.4, -0.2) is 91.1 Å². The van der Waals surface area contributed by atoms with Crippen LogP contribution in [0.4, 0.5) is 9.59 Å². The van der Waals surface area contributed by atoms with E-state index in [0.717, 1.165) is 67.3 Å². The number of carbonyl (C=O) groups excluding carboxylic acids is 6. The van der Waals surface area contributed by atoms with Crippen LogP contribution in [0.1, 0.15) is 33.4 Å². The number of benzene rings is 6. The molecule has 0 bridgehead atoms.